The monoisotopic (exact) mass is 364 g/mol. The molecule has 0 saturated carbocycles. The number of β-amino-alcohol motifs (C(OH)–C–C–N with tert-alkyl or cyclic N) is 1. The van der Waals surface area contributed by atoms with Crippen molar-refractivity contribution in [3.05, 3.63) is 41.5 Å². The van der Waals surface area contributed by atoms with Crippen LogP contribution >= 0.6 is 11.5 Å². The highest BCUT2D eigenvalue weighted by Gasteiger charge is 2.22. The number of likely N-dealkylation sites (tertiary alicyclic amines) is 1. The molecule has 2 aromatic rings. The van der Waals surface area contributed by atoms with E-state index in [0.29, 0.717) is 19.6 Å². The predicted octanol–water partition coefficient (Wildman–Crippen LogP) is 3.02. The minimum Gasteiger partial charge on any atom is -0.392 e. The number of hydrogen-bond acceptors (Lipinski definition) is 6. The average molecular weight is 364 g/mol. The van der Waals surface area contributed by atoms with Gasteiger partial charge in [-0.25, -0.2) is 9.37 Å². The van der Waals surface area contributed by atoms with Gasteiger partial charge in [0.25, 0.3) is 0 Å². The SMILES string of the molecule is CC(C)(CNc1nc(CN2CCCC(O)C2)ns1)c1ccc(F)cc1. The molecule has 1 unspecified atom stereocenters. The molecule has 25 heavy (non-hydrogen) atoms. The van der Waals surface area contributed by atoms with E-state index in [2.05, 4.69) is 33.4 Å². The molecule has 2 heterocycles. The molecule has 1 aromatic carbocycles. The van der Waals surface area contributed by atoms with Crippen LogP contribution < -0.4 is 5.32 Å². The Hall–Kier alpha value is -1.57. The zero-order chi connectivity index (χ0) is 17.9. The number of nitrogens with one attached hydrogen (secondary N) is 1. The summed E-state index contributed by atoms with van der Waals surface area (Å²) < 4.78 is 17.5. The van der Waals surface area contributed by atoms with Crippen LogP contribution in [0.1, 0.15) is 38.1 Å². The first-order chi connectivity index (χ1) is 11.9. The van der Waals surface area contributed by atoms with E-state index in [-0.39, 0.29) is 17.3 Å². The number of halogens is 1. The minimum absolute atomic E-state index is 0.142. The largest absolute Gasteiger partial charge is 0.392 e. The Morgan fingerprint density at radius 2 is 2.12 bits per heavy atom. The van der Waals surface area contributed by atoms with Crippen molar-refractivity contribution >= 4 is 16.7 Å². The summed E-state index contributed by atoms with van der Waals surface area (Å²) in [5, 5.41) is 13.9. The molecule has 1 aromatic heterocycles. The van der Waals surface area contributed by atoms with Gasteiger partial charge in [0.2, 0.25) is 5.13 Å². The number of rotatable bonds is 6. The molecule has 0 amide bonds. The third-order valence-corrected chi connectivity index (χ3v) is 5.33. The van der Waals surface area contributed by atoms with Crippen molar-refractivity contribution in [3.63, 3.8) is 0 Å². The van der Waals surface area contributed by atoms with Gasteiger partial charge in [-0.2, -0.15) is 4.37 Å². The summed E-state index contributed by atoms with van der Waals surface area (Å²) in [5.74, 6) is 0.574. The number of aromatic nitrogens is 2. The summed E-state index contributed by atoms with van der Waals surface area (Å²) in [6.45, 7) is 7.27. The third kappa shape index (κ3) is 4.96. The number of aliphatic hydroxyl groups excluding tert-OH is 1. The van der Waals surface area contributed by atoms with Gasteiger partial charge in [-0.15, -0.1) is 0 Å². The van der Waals surface area contributed by atoms with Crippen molar-refractivity contribution < 1.29 is 9.50 Å². The lowest BCUT2D eigenvalue weighted by Gasteiger charge is -2.28. The first kappa shape index (κ1) is 18.2. The Kier molecular flexibility index (Phi) is 5.66. The molecule has 0 radical (unpaired) electrons. The Morgan fingerprint density at radius 3 is 2.84 bits per heavy atom. The highest BCUT2D eigenvalue weighted by atomic mass is 32.1. The van der Waals surface area contributed by atoms with Crippen LogP contribution in [-0.2, 0) is 12.0 Å². The van der Waals surface area contributed by atoms with E-state index in [1.54, 1.807) is 0 Å². The summed E-state index contributed by atoms with van der Waals surface area (Å²) in [6, 6.07) is 6.63. The first-order valence-electron chi connectivity index (χ1n) is 8.65. The average Bonchev–Trinajstić information content (AvgIpc) is 3.01. The van der Waals surface area contributed by atoms with E-state index < -0.39 is 0 Å². The fourth-order valence-corrected chi connectivity index (χ4v) is 3.64. The molecule has 3 rings (SSSR count). The minimum atomic E-state index is -0.235. The molecule has 0 spiro atoms. The lowest BCUT2D eigenvalue weighted by Crippen LogP contribution is -2.37. The molecule has 0 aliphatic carbocycles. The molecule has 136 valence electrons. The standard InChI is InChI=1S/C18H25FN4OS/c1-18(2,13-5-7-14(19)8-6-13)12-20-17-21-16(22-25-17)11-23-9-3-4-15(24)10-23/h5-8,15,24H,3-4,9-12H2,1-2H3,(H,20,21,22). The second kappa shape index (κ2) is 7.76. The Balaban J connectivity index is 1.55. The van der Waals surface area contributed by atoms with E-state index in [9.17, 15) is 9.50 Å². The normalized spacial score (nSPS) is 19.1. The molecule has 2 N–H and O–H groups in total. The summed E-state index contributed by atoms with van der Waals surface area (Å²) in [6.07, 6.45) is 1.66. The van der Waals surface area contributed by atoms with Gasteiger partial charge in [0.05, 0.1) is 12.6 Å². The van der Waals surface area contributed by atoms with Crippen molar-refractivity contribution in [2.24, 2.45) is 0 Å². The van der Waals surface area contributed by atoms with Gasteiger partial charge < -0.3 is 10.4 Å². The van der Waals surface area contributed by atoms with Gasteiger partial charge in [-0.3, -0.25) is 4.90 Å². The summed E-state index contributed by atoms with van der Waals surface area (Å²) in [4.78, 5) is 6.75. The maximum Gasteiger partial charge on any atom is 0.202 e. The molecule has 5 nitrogen and oxygen atoms in total. The number of benzene rings is 1. The van der Waals surface area contributed by atoms with Crippen LogP contribution in [0, 0.1) is 5.82 Å². The van der Waals surface area contributed by atoms with Crippen LogP contribution in [0.15, 0.2) is 24.3 Å². The summed E-state index contributed by atoms with van der Waals surface area (Å²) >= 11 is 1.36. The van der Waals surface area contributed by atoms with Crippen molar-refractivity contribution in [2.75, 3.05) is 25.0 Å². The van der Waals surface area contributed by atoms with Crippen molar-refractivity contribution in [2.45, 2.75) is 44.8 Å². The molecule has 0 bridgehead atoms. The van der Waals surface area contributed by atoms with Gasteiger partial charge in [-0.05, 0) is 37.1 Å². The highest BCUT2D eigenvalue weighted by Crippen LogP contribution is 2.25. The van der Waals surface area contributed by atoms with Gasteiger partial charge in [0.15, 0.2) is 5.82 Å². The maximum absolute atomic E-state index is 13.1. The molecule has 1 atom stereocenters. The van der Waals surface area contributed by atoms with Gasteiger partial charge in [0.1, 0.15) is 5.82 Å². The van der Waals surface area contributed by atoms with Crippen LogP contribution in [0.4, 0.5) is 9.52 Å². The number of aliphatic hydroxyl groups is 1. The van der Waals surface area contributed by atoms with Crippen molar-refractivity contribution in [1.82, 2.24) is 14.3 Å². The van der Waals surface area contributed by atoms with Crippen LogP contribution in [0.5, 0.6) is 0 Å². The zero-order valence-corrected chi connectivity index (χ0v) is 15.5. The molecule has 1 fully saturated rings. The molecule has 1 aliphatic heterocycles. The lowest BCUT2D eigenvalue weighted by atomic mass is 9.85. The summed E-state index contributed by atoms with van der Waals surface area (Å²) in [5.41, 5.74) is 0.935. The Morgan fingerprint density at radius 1 is 1.36 bits per heavy atom. The zero-order valence-electron chi connectivity index (χ0n) is 14.7. The highest BCUT2D eigenvalue weighted by molar-refractivity contribution is 7.09. The molecule has 1 saturated heterocycles. The van der Waals surface area contributed by atoms with Crippen molar-refractivity contribution in [1.29, 1.82) is 0 Å². The number of hydrogen-bond donors (Lipinski definition) is 2. The van der Waals surface area contributed by atoms with E-state index in [4.69, 9.17) is 0 Å². The first-order valence-corrected chi connectivity index (χ1v) is 9.43. The van der Waals surface area contributed by atoms with Crippen molar-refractivity contribution in [3.8, 4) is 0 Å². The second-order valence-corrected chi connectivity index (χ2v) is 8.04. The van der Waals surface area contributed by atoms with Crippen LogP contribution in [0.3, 0.4) is 0 Å². The van der Waals surface area contributed by atoms with Gasteiger partial charge >= 0.3 is 0 Å². The van der Waals surface area contributed by atoms with Crippen LogP contribution in [0.2, 0.25) is 0 Å². The lowest BCUT2D eigenvalue weighted by molar-refractivity contribution is 0.0657. The van der Waals surface area contributed by atoms with E-state index >= 15 is 0 Å². The molecule has 7 heteroatoms. The summed E-state index contributed by atoms with van der Waals surface area (Å²) in [7, 11) is 0. The smallest absolute Gasteiger partial charge is 0.202 e. The second-order valence-electron chi connectivity index (χ2n) is 7.29. The number of nitrogens with zero attached hydrogens (tertiary/aromatic N) is 3. The van der Waals surface area contributed by atoms with E-state index in [1.165, 1.54) is 23.7 Å². The number of anilines is 1. The van der Waals surface area contributed by atoms with Crippen LogP contribution in [-0.4, -0.2) is 45.1 Å². The maximum atomic E-state index is 13.1. The fourth-order valence-electron chi connectivity index (χ4n) is 3.06. The third-order valence-electron chi connectivity index (χ3n) is 4.62. The molecular formula is C18H25FN4OS. The van der Waals surface area contributed by atoms with Gasteiger partial charge in [0, 0.05) is 30.0 Å². The molecular weight excluding hydrogens is 339 g/mol. The number of piperidine rings is 1. The Bertz CT molecular complexity index is 689. The molecule has 1 aliphatic rings. The topological polar surface area (TPSA) is 61.3 Å². The quantitative estimate of drug-likeness (QED) is 0.825. The fraction of sp³-hybridized carbons (Fsp3) is 0.556. The van der Waals surface area contributed by atoms with E-state index in [0.717, 1.165) is 35.9 Å². The Labute approximate surface area is 152 Å². The predicted molar refractivity (Wildman–Crippen MR) is 98.3 cm³/mol. The van der Waals surface area contributed by atoms with E-state index in [1.807, 2.05) is 12.1 Å². The van der Waals surface area contributed by atoms with Crippen LogP contribution in [0.25, 0.3) is 0 Å². The van der Waals surface area contributed by atoms with Gasteiger partial charge in [-0.1, -0.05) is 26.0 Å².